The van der Waals surface area contributed by atoms with Gasteiger partial charge in [-0.05, 0) is 24.8 Å². The molecule has 0 aromatic rings. The summed E-state index contributed by atoms with van der Waals surface area (Å²) in [7, 11) is 0. The van der Waals surface area contributed by atoms with E-state index in [-0.39, 0.29) is 5.91 Å². The van der Waals surface area contributed by atoms with Crippen molar-refractivity contribution >= 4 is 5.91 Å². The van der Waals surface area contributed by atoms with E-state index in [1.807, 2.05) is 0 Å². The second-order valence-electron chi connectivity index (χ2n) is 5.12. The molecule has 88 valence electrons. The summed E-state index contributed by atoms with van der Waals surface area (Å²) in [6.07, 6.45) is 2.45. The lowest BCUT2D eigenvalue weighted by molar-refractivity contribution is -0.122. The predicted molar refractivity (Wildman–Crippen MR) is 61.5 cm³/mol. The fraction of sp³-hybridized carbons (Fsp3) is 0.909. The van der Waals surface area contributed by atoms with Crippen molar-refractivity contribution < 1.29 is 4.79 Å². The maximum atomic E-state index is 11.5. The number of piperidine rings is 1. The summed E-state index contributed by atoms with van der Waals surface area (Å²) < 4.78 is 0. The van der Waals surface area contributed by atoms with Crippen molar-refractivity contribution in [3.63, 3.8) is 0 Å². The molecule has 1 rings (SSSR count). The molecule has 0 saturated carbocycles. The van der Waals surface area contributed by atoms with Gasteiger partial charge in [-0.15, -0.1) is 0 Å². The van der Waals surface area contributed by atoms with E-state index < -0.39 is 0 Å². The molecule has 1 aliphatic rings. The minimum absolute atomic E-state index is 0.0955. The van der Waals surface area contributed by atoms with Gasteiger partial charge in [0, 0.05) is 19.6 Å². The molecule has 1 heterocycles. The number of nitrogens with two attached hydrogens (primary N) is 1. The smallest absolute Gasteiger partial charge is 0.234 e. The summed E-state index contributed by atoms with van der Waals surface area (Å²) in [5.74, 6) is 0.0955. The van der Waals surface area contributed by atoms with Crippen LogP contribution in [0.3, 0.4) is 0 Å². The van der Waals surface area contributed by atoms with E-state index in [2.05, 4.69) is 24.1 Å². The SMILES string of the molecule is CC1(C)CCCN(CC(=O)NCCN)C1. The predicted octanol–water partition coefficient (Wildman–Crippen LogP) is 0.183. The van der Waals surface area contributed by atoms with Crippen molar-refractivity contribution in [2.24, 2.45) is 11.1 Å². The van der Waals surface area contributed by atoms with Gasteiger partial charge in [-0.2, -0.15) is 0 Å². The Bertz CT molecular complexity index is 216. The van der Waals surface area contributed by atoms with E-state index in [9.17, 15) is 4.79 Å². The average molecular weight is 213 g/mol. The number of hydrogen-bond acceptors (Lipinski definition) is 3. The molecule has 4 nitrogen and oxygen atoms in total. The molecule has 0 unspecified atom stereocenters. The fourth-order valence-electron chi connectivity index (χ4n) is 2.15. The summed E-state index contributed by atoms with van der Waals surface area (Å²) in [5, 5.41) is 2.80. The Morgan fingerprint density at radius 1 is 1.53 bits per heavy atom. The Morgan fingerprint density at radius 2 is 2.27 bits per heavy atom. The molecule has 3 N–H and O–H groups in total. The van der Waals surface area contributed by atoms with Gasteiger partial charge in [0.25, 0.3) is 0 Å². The molecule has 0 radical (unpaired) electrons. The third-order valence-corrected chi connectivity index (χ3v) is 2.81. The highest BCUT2D eigenvalue weighted by Crippen LogP contribution is 2.27. The molecule has 0 aliphatic carbocycles. The van der Waals surface area contributed by atoms with Crippen molar-refractivity contribution in [1.82, 2.24) is 10.2 Å². The van der Waals surface area contributed by atoms with Crippen LogP contribution in [0.4, 0.5) is 0 Å². The molecule has 1 fully saturated rings. The molecule has 0 atom stereocenters. The fourth-order valence-corrected chi connectivity index (χ4v) is 2.15. The van der Waals surface area contributed by atoms with E-state index in [4.69, 9.17) is 5.73 Å². The number of nitrogens with one attached hydrogen (secondary N) is 1. The normalized spacial score (nSPS) is 21.3. The number of carbonyl (C=O) groups excluding carboxylic acids is 1. The minimum atomic E-state index is 0.0955. The highest BCUT2D eigenvalue weighted by Gasteiger charge is 2.26. The van der Waals surface area contributed by atoms with Crippen LogP contribution in [0.2, 0.25) is 0 Å². The first-order valence-corrected chi connectivity index (χ1v) is 5.73. The number of likely N-dealkylation sites (tertiary alicyclic amines) is 1. The number of hydrogen-bond donors (Lipinski definition) is 2. The third-order valence-electron chi connectivity index (χ3n) is 2.81. The van der Waals surface area contributed by atoms with Crippen molar-refractivity contribution in [3.8, 4) is 0 Å². The molecule has 0 aromatic carbocycles. The van der Waals surface area contributed by atoms with Crippen LogP contribution in [-0.4, -0.2) is 43.5 Å². The number of amides is 1. The highest BCUT2D eigenvalue weighted by molar-refractivity contribution is 5.78. The van der Waals surface area contributed by atoms with Gasteiger partial charge in [-0.1, -0.05) is 13.8 Å². The largest absolute Gasteiger partial charge is 0.354 e. The second-order valence-corrected chi connectivity index (χ2v) is 5.12. The van der Waals surface area contributed by atoms with Crippen molar-refractivity contribution in [3.05, 3.63) is 0 Å². The van der Waals surface area contributed by atoms with Crippen LogP contribution in [0.5, 0.6) is 0 Å². The molecule has 0 spiro atoms. The van der Waals surface area contributed by atoms with E-state index in [1.165, 1.54) is 12.8 Å². The molecular weight excluding hydrogens is 190 g/mol. The van der Waals surface area contributed by atoms with Crippen molar-refractivity contribution in [1.29, 1.82) is 0 Å². The van der Waals surface area contributed by atoms with Gasteiger partial charge in [-0.3, -0.25) is 9.69 Å². The van der Waals surface area contributed by atoms with Crippen LogP contribution in [0, 0.1) is 5.41 Å². The zero-order valence-corrected chi connectivity index (χ0v) is 9.88. The van der Waals surface area contributed by atoms with Crippen LogP contribution >= 0.6 is 0 Å². The molecule has 4 heteroatoms. The van der Waals surface area contributed by atoms with Gasteiger partial charge >= 0.3 is 0 Å². The molecule has 1 amide bonds. The van der Waals surface area contributed by atoms with Gasteiger partial charge in [0.2, 0.25) is 5.91 Å². The topological polar surface area (TPSA) is 58.4 Å². The van der Waals surface area contributed by atoms with Crippen molar-refractivity contribution in [2.45, 2.75) is 26.7 Å². The first kappa shape index (κ1) is 12.5. The lowest BCUT2D eigenvalue weighted by atomic mass is 9.84. The van der Waals surface area contributed by atoms with E-state index in [1.54, 1.807) is 0 Å². The minimum Gasteiger partial charge on any atom is -0.354 e. The zero-order valence-electron chi connectivity index (χ0n) is 9.88. The lowest BCUT2D eigenvalue weighted by Gasteiger charge is -2.37. The molecule has 15 heavy (non-hydrogen) atoms. The molecule has 0 bridgehead atoms. The zero-order chi connectivity index (χ0) is 11.3. The van der Waals surface area contributed by atoms with E-state index in [0.29, 0.717) is 25.0 Å². The van der Waals surface area contributed by atoms with Crippen LogP contribution in [0.15, 0.2) is 0 Å². The third kappa shape index (κ3) is 4.62. The van der Waals surface area contributed by atoms with Crippen LogP contribution in [0.1, 0.15) is 26.7 Å². The number of rotatable bonds is 4. The van der Waals surface area contributed by atoms with Gasteiger partial charge in [0.15, 0.2) is 0 Å². The van der Waals surface area contributed by atoms with Crippen LogP contribution < -0.4 is 11.1 Å². The van der Waals surface area contributed by atoms with Crippen LogP contribution in [0.25, 0.3) is 0 Å². The summed E-state index contributed by atoms with van der Waals surface area (Å²) in [4.78, 5) is 13.7. The molecule has 0 aromatic heterocycles. The van der Waals surface area contributed by atoms with Gasteiger partial charge in [0.05, 0.1) is 6.54 Å². The maximum absolute atomic E-state index is 11.5. The summed E-state index contributed by atoms with van der Waals surface area (Å²) >= 11 is 0. The number of carbonyl (C=O) groups is 1. The van der Waals surface area contributed by atoms with Crippen molar-refractivity contribution in [2.75, 3.05) is 32.7 Å². The summed E-state index contributed by atoms with van der Waals surface area (Å²) in [6.45, 7) is 8.19. The van der Waals surface area contributed by atoms with Gasteiger partial charge < -0.3 is 11.1 Å². The first-order valence-electron chi connectivity index (χ1n) is 5.73. The quantitative estimate of drug-likeness (QED) is 0.700. The van der Waals surface area contributed by atoms with Gasteiger partial charge in [-0.25, -0.2) is 0 Å². The maximum Gasteiger partial charge on any atom is 0.234 e. The second kappa shape index (κ2) is 5.47. The Balaban J connectivity index is 2.28. The first-order chi connectivity index (χ1) is 7.03. The van der Waals surface area contributed by atoms with Gasteiger partial charge in [0.1, 0.15) is 0 Å². The Morgan fingerprint density at radius 3 is 2.87 bits per heavy atom. The van der Waals surface area contributed by atoms with Crippen LogP contribution in [-0.2, 0) is 4.79 Å². The summed E-state index contributed by atoms with van der Waals surface area (Å²) in [5.41, 5.74) is 5.68. The Kier molecular flexibility index (Phi) is 4.54. The molecular formula is C11H23N3O. The summed E-state index contributed by atoms with van der Waals surface area (Å²) in [6, 6.07) is 0. The lowest BCUT2D eigenvalue weighted by Crippen LogP contribution is -2.45. The monoisotopic (exact) mass is 213 g/mol. The Hall–Kier alpha value is -0.610. The van der Waals surface area contributed by atoms with E-state index >= 15 is 0 Å². The highest BCUT2D eigenvalue weighted by atomic mass is 16.2. The Labute approximate surface area is 92.2 Å². The standard InChI is InChI=1S/C11H23N3O/c1-11(2)4-3-7-14(9-11)8-10(15)13-6-5-12/h3-9,12H2,1-2H3,(H,13,15). The molecule has 1 saturated heterocycles. The van der Waals surface area contributed by atoms with E-state index in [0.717, 1.165) is 13.1 Å². The average Bonchev–Trinajstić information content (AvgIpc) is 2.13. The molecule has 1 aliphatic heterocycles. The number of nitrogens with zero attached hydrogens (tertiary/aromatic N) is 1.